The van der Waals surface area contributed by atoms with E-state index >= 15 is 0 Å². The number of sulfone groups is 1. The fraction of sp³-hybridized carbons (Fsp3) is 0.800. The molecule has 3 heterocycles. The molecule has 0 N–H and O–H groups in total. The summed E-state index contributed by atoms with van der Waals surface area (Å²) in [6.45, 7) is 11.6. The van der Waals surface area contributed by atoms with Crippen LogP contribution in [-0.4, -0.2) is 67.3 Å². The number of hydrogen-bond donors (Lipinski definition) is 0. The predicted octanol–water partition coefficient (Wildman–Crippen LogP) is 1.00. The van der Waals surface area contributed by atoms with Crippen molar-refractivity contribution < 1.29 is 8.42 Å². The molecule has 1 unspecified atom stereocenters. The minimum Gasteiger partial charge on any atom is -0.366 e. The van der Waals surface area contributed by atoms with Crippen LogP contribution in [0.3, 0.4) is 0 Å². The number of hydrogen-bond acceptors (Lipinski definition) is 5. The van der Waals surface area contributed by atoms with Crippen LogP contribution in [-0.2, 0) is 9.84 Å². The summed E-state index contributed by atoms with van der Waals surface area (Å²) in [4.78, 5) is 4.86. The summed E-state index contributed by atoms with van der Waals surface area (Å²) in [5.41, 5.74) is 3.34. The summed E-state index contributed by atoms with van der Waals surface area (Å²) in [6.07, 6.45) is 0.688. The van der Waals surface area contributed by atoms with Crippen molar-refractivity contribution in [2.24, 2.45) is 0 Å². The lowest BCUT2D eigenvalue weighted by atomic mass is 10.2. The maximum atomic E-state index is 11.7. The molecule has 0 saturated carbocycles. The summed E-state index contributed by atoms with van der Waals surface area (Å²) in [5.74, 6) is 0.526. The van der Waals surface area contributed by atoms with Gasteiger partial charge in [0.1, 0.15) is 0 Å². The highest BCUT2D eigenvalue weighted by Crippen LogP contribution is 2.31. The highest BCUT2D eigenvalue weighted by molar-refractivity contribution is 7.91. The molecule has 0 spiro atoms. The summed E-state index contributed by atoms with van der Waals surface area (Å²) >= 11 is 0. The monoisotopic (exact) mass is 326 g/mol. The molecule has 1 aromatic rings. The molecule has 3 rings (SSSR count). The second-order valence-corrected chi connectivity index (χ2v) is 8.67. The first-order valence-electron chi connectivity index (χ1n) is 8.14. The lowest BCUT2D eigenvalue weighted by Gasteiger charge is -2.35. The van der Waals surface area contributed by atoms with Crippen LogP contribution in [0.25, 0.3) is 0 Å². The van der Waals surface area contributed by atoms with Gasteiger partial charge >= 0.3 is 0 Å². The molecule has 2 fully saturated rings. The molecule has 22 heavy (non-hydrogen) atoms. The van der Waals surface area contributed by atoms with Gasteiger partial charge in [0.2, 0.25) is 0 Å². The number of anilines is 1. The zero-order chi connectivity index (χ0) is 15.9. The zero-order valence-corrected chi connectivity index (χ0v) is 14.6. The Bertz CT molecular complexity index is 645. The molecule has 2 aliphatic heterocycles. The van der Waals surface area contributed by atoms with Gasteiger partial charge in [-0.25, -0.2) is 8.42 Å². The van der Waals surface area contributed by atoms with Crippen LogP contribution in [0.4, 0.5) is 5.69 Å². The number of nitrogens with zero attached hydrogens (tertiary/aromatic N) is 4. The second kappa shape index (κ2) is 5.85. The average molecular weight is 326 g/mol. The van der Waals surface area contributed by atoms with Gasteiger partial charge in [0, 0.05) is 26.2 Å². The van der Waals surface area contributed by atoms with Crippen molar-refractivity contribution in [1.82, 2.24) is 14.7 Å². The number of rotatable bonds is 3. The standard InChI is InChI=1S/C15H26N4O2S/c1-4-17-6-8-18(9-7-17)15-12(2)16-19(13(15)3)14-5-10-22(20,21)11-14/h14H,4-11H2,1-3H3. The number of aromatic nitrogens is 2. The Morgan fingerprint density at radius 1 is 1.18 bits per heavy atom. The smallest absolute Gasteiger partial charge is 0.152 e. The Labute approximate surface area is 133 Å². The van der Waals surface area contributed by atoms with Crippen LogP contribution in [0.2, 0.25) is 0 Å². The van der Waals surface area contributed by atoms with Crippen molar-refractivity contribution in [2.45, 2.75) is 33.2 Å². The Morgan fingerprint density at radius 3 is 2.41 bits per heavy atom. The van der Waals surface area contributed by atoms with Crippen molar-refractivity contribution in [2.75, 3.05) is 49.1 Å². The van der Waals surface area contributed by atoms with Crippen LogP contribution in [0.15, 0.2) is 0 Å². The Morgan fingerprint density at radius 2 is 1.86 bits per heavy atom. The quantitative estimate of drug-likeness (QED) is 0.829. The van der Waals surface area contributed by atoms with Crippen LogP contribution >= 0.6 is 0 Å². The third kappa shape index (κ3) is 2.88. The summed E-state index contributed by atoms with van der Waals surface area (Å²) in [6, 6.07) is 0.00869. The van der Waals surface area contributed by atoms with E-state index in [1.54, 1.807) is 0 Å². The fourth-order valence-corrected chi connectivity index (χ4v) is 5.42. The van der Waals surface area contributed by atoms with Crippen LogP contribution in [0, 0.1) is 13.8 Å². The van der Waals surface area contributed by atoms with Gasteiger partial charge in [-0.1, -0.05) is 6.92 Å². The lowest BCUT2D eigenvalue weighted by Crippen LogP contribution is -2.46. The molecule has 0 aromatic carbocycles. The Hall–Kier alpha value is -1.08. The van der Waals surface area contributed by atoms with E-state index < -0.39 is 9.84 Å². The molecule has 2 aliphatic rings. The van der Waals surface area contributed by atoms with Gasteiger partial charge < -0.3 is 9.80 Å². The van der Waals surface area contributed by atoms with Gasteiger partial charge in [-0.05, 0) is 26.8 Å². The summed E-state index contributed by atoms with van der Waals surface area (Å²) in [5, 5.41) is 4.67. The molecule has 124 valence electrons. The number of likely N-dealkylation sites (N-methyl/N-ethyl adjacent to an activating group) is 1. The molecule has 0 bridgehead atoms. The predicted molar refractivity (Wildman–Crippen MR) is 88.3 cm³/mol. The molecular weight excluding hydrogens is 300 g/mol. The van der Waals surface area contributed by atoms with Crippen molar-refractivity contribution in [3.8, 4) is 0 Å². The van der Waals surface area contributed by atoms with Gasteiger partial charge in [0.15, 0.2) is 9.84 Å². The minimum absolute atomic E-state index is 0.00869. The van der Waals surface area contributed by atoms with E-state index in [2.05, 4.69) is 28.7 Å². The third-order valence-electron chi connectivity index (χ3n) is 4.98. The molecule has 0 aliphatic carbocycles. The molecule has 7 heteroatoms. The molecule has 1 aromatic heterocycles. The van der Waals surface area contributed by atoms with Gasteiger partial charge in [0.05, 0.1) is 34.6 Å². The van der Waals surface area contributed by atoms with E-state index in [0.717, 1.165) is 44.1 Å². The van der Waals surface area contributed by atoms with E-state index in [-0.39, 0.29) is 11.8 Å². The normalized spacial score (nSPS) is 25.8. The van der Waals surface area contributed by atoms with E-state index in [9.17, 15) is 8.42 Å². The molecular formula is C15H26N4O2S. The lowest BCUT2D eigenvalue weighted by molar-refractivity contribution is 0.271. The third-order valence-corrected chi connectivity index (χ3v) is 6.73. The molecule has 1 atom stereocenters. The van der Waals surface area contributed by atoms with E-state index in [4.69, 9.17) is 0 Å². The topological polar surface area (TPSA) is 58.4 Å². The first-order valence-corrected chi connectivity index (χ1v) is 9.97. The summed E-state index contributed by atoms with van der Waals surface area (Å²) in [7, 11) is -2.88. The molecule has 0 amide bonds. The summed E-state index contributed by atoms with van der Waals surface area (Å²) < 4.78 is 25.4. The second-order valence-electron chi connectivity index (χ2n) is 6.44. The van der Waals surface area contributed by atoms with Crippen LogP contribution < -0.4 is 4.90 Å². The highest BCUT2D eigenvalue weighted by atomic mass is 32.2. The van der Waals surface area contributed by atoms with Crippen molar-refractivity contribution in [1.29, 1.82) is 0 Å². The van der Waals surface area contributed by atoms with Gasteiger partial charge in [-0.15, -0.1) is 0 Å². The molecule has 6 nitrogen and oxygen atoms in total. The van der Waals surface area contributed by atoms with Crippen molar-refractivity contribution in [3.63, 3.8) is 0 Å². The molecule has 2 saturated heterocycles. The zero-order valence-electron chi connectivity index (χ0n) is 13.7. The maximum absolute atomic E-state index is 11.7. The van der Waals surface area contributed by atoms with E-state index in [1.807, 2.05) is 11.6 Å². The van der Waals surface area contributed by atoms with Gasteiger partial charge in [0.25, 0.3) is 0 Å². The van der Waals surface area contributed by atoms with E-state index in [0.29, 0.717) is 12.2 Å². The number of aryl methyl sites for hydroxylation is 1. The first-order chi connectivity index (χ1) is 10.4. The fourth-order valence-electron chi connectivity index (χ4n) is 3.72. The SMILES string of the molecule is CCN1CCN(c2c(C)nn(C3CCS(=O)(=O)C3)c2C)CC1. The minimum atomic E-state index is -2.88. The number of piperazine rings is 1. The largest absolute Gasteiger partial charge is 0.366 e. The highest BCUT2D eigenvalue weighted by Gasteiger charge is 2.32. The van der Waals surface area contributed by atoms with E-state index in [1.165, 1.54) is 5.69 Å². The Balaban J connectivity index is 1.82. The molecule has 0 radical (unpaired) electrons. The first kappa shape index (κ1) is 15.8. The van der Waals surface area contributed by atoms with Crippen molar-refractivity contribution in [3.05, 3.63) is 11.4 Å². The maximum Gasteiger partial charge on any atom is 0.152 e. The van der Waals surface area contributed by atoms with Crippen LogP contribution in [0.1, 0.15) is 30.8 Å². The van der Waals surface area contributed by atoms with Gasteiger partial charge in [-0.3, -0.25) is 4.68 Å². The van der Waals surface area contributed by atoms with Crippen molar-refractivity contribution >= 4 is 15.5 Å². The average Bonchev–Trinajstić information content (AvgIpc) is 2.99. The Kier molecular flexibility index (Phi) is 4.20. The van der Waals surface area contributed by atoms with Gasteiger partial charge in [-0.2, -0.15) is 5.10 Å². The van der Waals surface area contributed by atoms with Crippen LogP contribution in [0.5, 0.6) is 0 Å².